The Labute approximate surface area is 131 Å². The summed E-state index contributed by atoms with van der Waals surface area (Å²) in [4.78, 5) is 0.165. The molecule has 0 atom stereocenters. The number of rotatable bonds is 8. The summed E-state index contributed by atoms with van der Waals surface area (Å²) in [6.07, 6.45) is 3.89. The van der Waals surface area contributed by atoms with Crippen LogP contribution in [0.25, 0.3) is 0 Å². The highest BCUT2D eigenvalue weighted by atomic mass is 32.2. The van der Waals surface area contributed by atoms with Gasteiger partial charge in [-0.25, -0.2) is 4.57 Å². The zero-order chi connectivity index (χ0) is 15.8. The fraction of sp³-hybridized carbons (Fsp3) is 0.312. The van der Waals surface area contributed by atoms with Crippen molar-refractivity contribution in [1.82, 2.24) is 0 Å². The minimum absolute atomic E-state index is 0.00959. The third-order valence-electron chi connectivity index (χ3n) is 3.05. The second-order valence-electron chi connectivity index (χ2n) is 4.81. The lowest BCUT2D eigenvalue weighted by molar-refractivity contribution is -0.698. The van der Waals surface area contributed by atoms with Gasteiger partial charge < -0.3 is 4.74 Å². The van der Waals surface area contributed by atoms with Crippen LogP contribution in [0.4, 0.5) is 0 Å². The lowest BCUT2D eigenvalue weighted by Crippen LogP contribution is -2.35. The summed E-state index contributed by atoms with van der Waals surface area (Å²) in [5, 5.41) is 0. The van der Waals surface area contributed by atoms with Gasteiger partial charge in [0.1, 0.15) is 6.61 Å². The van der Waals surface area contributed by atoms with Crippen molar-refractivity contribution in [3.63, 3.8) is 0 Å². The SMILES string of the molecule is Cc1ccc(S(=O)(=O)OCCOCC[n+]2ccccc2)cc1. The van der Waals surface area contributed by atoms with Gasteiger partial charge in [-0.05, 0) is 19.1 Å². The molecule has 0 aliphatic rings. The van der Waals surface area contributed by atoms with Crippen molar-refractivity contribution in [2.75, 3.05) is 19.8 Å². The first-order valence-corrected chi connectivity index (χ1v) is 8.47. The topological polar surface area (TPSA) is 56.5 Å². The van der Waals surface area contributed by atoms with Crippen molar-refractivity contribution in [1.29, 1.82) is 0 Å². The highest BCUT2D eigenvalue weighted by Crippen LogP contribution is 2.12. The molecular formula is C16H20NO4S+. The molecule has 1 heterocycles. The summed E-state index contributed by atoms with van der Waals surface area (Å²) in [5.74, 6) is 0. The average Bonchev–Trinajstić information content (AvgIpc) is 2.52. The van der Waals surface area contributed by atoms with Gasteiger partial charge in [-0.15, -0.1) is 0 Å². The number of aryl methyl sites for hydroxylation is 1. The average molecular weight is 322 g/mol. The normalized spacial score (nSPS) is 11.5. The fourth-order valence-corrected chi connectivity index (χ4v) is 2.72. The van der Waals surface area contributed by atoms with Crippen LogP contribution in [0.1, 0.15) is 5.56 Å². The van der Waals surface area contributed by atoms with Crippen molar-refractivity contribution >= 4 is 10.1 Å². The summed E-state index contributed by atoms with van der Waals surface area (Å²) < 4.78 is 36.1. The van der Waals surface area contributed by atoms with Gasteiger partial charge in [0.2, 0.25) is 0 Å². The molecule has 0 N–H and O–H groups in total. The van der Waals surface area contributed by atoms with Gasteiger partial charge in [0.05, 0.1) is 18.1 Å². The number of ether oxygens (including phenoxy) is 1. The van der Waals surface area contributed by atoms with Crippen molar-refractivity contribution in [3.8, 4) is 0 Å². The number of benzene rings is 1. The Hall–Kier alpha value is -1.76. The number of hydrogen-bond donors (Lipinski definition) is 0. The predicted molar refractivity (Wildman–Crippen MR) is 81.8 cm³/mol. The van der Waals surface area contributed by atoms with E-state index in [1.807, 2.05) is 42.1 Å². The van der Waals surface area contributed by atoms with Gasteiger partial charge >= 0.3 is 0 Å². The first-order valence-electron chi connectivity index (χ1n) is 7.06. The summed E-state index contributed by atoms with van der Waals surface area (Å²) >= 11 is 0. The van der Waals surface area contributed by atoms with E-state index >= 15 is 0 Å². The summed E-state index contributed by atoms with van der Waals surface area (Å²) in [7, 11) is -3.70. The van der Waals surface area contributed by atoms with Crippen LogP contribution in [-0.2, 0) is 25.6 Å². The van der Waals surface area contributed by atoms with E-state index in [0.29, 0.717) is 13.2 Å². The minimum atomic E-state index is -3.70. The van der Waals surface area contributed by atoms with Crippen LogP contribution in [0.2, 0.25) is 0 Å². The Bertz CT molecular complexity index is 669. The number of aromatic nitrogens is 1. The highest BCUT2D eigenvalue weighted by molar-refractivity contribution is 7.86. The first kappa shape index (κ1) is 16.6. The fourth-order valence-electron chi connectivity index (χ4n) is 1.83. The first-order chi connectivity index (χ1) is 10.6. The van der Waals surface area contributed by atoms with Crippen LogP contribution in [0, 0.1) is 6.92 Å². The molecule has 1 aromatic carbocycles. The minimum Gasteiger partial charge on any atom is -0.372 e. The van der Waals surface area contributed by atoms with Gasteiger partial charge in [-0.1, -0.05) is 23.8 Å². The Kier molecular flexibility index (Phi) is 6.06. The molecule has 2 rings (SSSR count). The monoisotopic (exact) mass is 322 g/mol. The summed E-state index contributed by atoms with van der Waals surface area (Å²) in [6, 6.07) is 12.4. The van der Waals surface area contributed by atoms with Crippen LogP contribution in [-0.4, -0.2) is 28.2 Å². The Morgan fingerprint density at radius 1 is 0.955 bits per heavy atom. The highest BCUT2D eigenvalue weighted by Gasteiger charge is 2.14. The molecule has 22 heavy (non-hydrogen) atoms. The van der Waals surface area contributed by atoms with Gasteiger partial charge in [0.25, 0.3) is 10.1 Å². The predicted octanol–water partition coefficient (Wildman–Crippen LogP) is 1.70. The molecule has 0 spiro atoms. The van der Waals surface area contributed by atoms with E-state index in [4.69, 9.17) is 8.92 Å². The van der Waals surface area contributed by atoms with Crippen molar-refractivity contribution < 1.29 is 21.9 Å². The third-order valence-corrected chi connectivity index (χ3v) is 4.37. The molecule has 0 saturated carbocycles. The Morgan fingerprint density at radius 3 is 2.32 bits per heavy atom. The van der Waals surface area contributed by atoms with Crippen molar-refractivity contribution in [3.05, 3.63) is 60.4 Å². The lowest BCUT2D eigenvalue weighted by Gasteiger charge is -2.06. The second kappa shape index (κ2) is 8.03. The number of nitrogens with zero attached hydrogens (tertiary/aromatic N) is 1. The molecule has 0 saturated heterocycles. The second-order valence-corrected chi connectivity index (χ2v) is 6.43. The molecule has 0 unspecified atom stereocenters. The molecule has 0 aliphatic carbocycles. The van der Waals surface area contributed by atoms with Crippen LogP contribution in [0.15, 0.2) is 59.8 Å². The quantitative estimate of drug-likeness (QED) is 0.422. The summed E-state index contributed by atoms with van der Waals surface area (Å²) in [6.45, 7) is 3.36. The van der Waals surface area contributed by atoms with Crippen molar-refractivity contribution in [2.24, 2.45) is 0 Å². The van der Waals surface area contributed by atoms with Crippen LogP contribution >= 0.6 is 0 Å². The molecule has 0 bridgehead atoms. The number of pyridine rings is 1. The van der Waals surface area contributed by atoms with Crippen LogP contribution in [0.5, 0.6) is 0 Å². The van der Waals surface area contributed by atoms with E-state index in [2.05, 4.69) is 0 Å². The number of hydrogen-bond acceptors (Lipinski definition) is 4. The molecule has 0 aliphatic heterocycles. The van der Waals surface area contributed by atoms with E-state index in [-0.39, 0.29) is 18.1 Å². The van der Waals surface area contributed by atoms with Gasteiger partial charge in [0, 0.05) is 12.1 Å². The van der Waals surface area contributed by atoms with Gasteiger partial charge in [0.15, 0.2) is 18.9 Å². The molecule has 2 aromatic rings. The third kappa shape index (κ3) is 5.22. The van der Waals surface area contributed by atoms with E-state index in [0.717, 1.165) is 5.56 Å². The molecule has 118 valence electrons. The Morgan fingerprint density at radius 2 is 1.64 bits per heavy atom. The zero-order valence-electron chi connectivity index (χ0n) is 12.5. The van der Waals surface area contributed by atoms with Gasteiger partial charge in [-0.3, -0.25) is 4.18 Å². The standard InChI is InChI=1S/C16H20NO4S/c1-15-5-7-16(8-6-15)22(18,19)21-14-13-20-12-11-17-9-3-2-4-10-17/h2-10H,11-14H2,1H3/q+1. The Balaban J connectivity index is 1.68. The van der Waals surface area contributed by atoms with E-state index in [9.17, 15) is 8.42 Å². The van der Waals surface area contributed by atoms with Crippen LogP contribution < -0.4 is 4.57 Å². The van der Waals surface area contributed by atoms with E-state index < -0.39 is 10.1 Å². The van der Waals surface area contributed by atoms with E-state index in [1.165, 1.54) is 12.1 Å². The van der Waals surface area contributed by atoms with Gasteiger partial charge in [-0.2, -0.15) is 8.42 Å². The molecule has 1 aromatic heterocycles. The molecule has 0 radical (unpaired) electrons. The molecule has 6 heteroatoms. The molecule has 5 nitrogen and oxygen atoms in total. The smallest absolute Gasteiger partial charge is 0.297 e. The maximum Gasteiger partial charge on any atom is 0.297 e. The molecule has 0 amide bonds. The van der Waals surface area contributed by atoms with Crippen molar-refractivity contribution in [2.45, 2.75) is 18.4 Å². The van der Waals surface area contributed by atoms with E-state index in [1.54, 1.807) is 12.1 Å². The maximum atomic E-state index is 11.9. The van der Waals surface area contributed by atoms with Crippen LogP contribution in [0.3, 0.4) is 0 Å². The molecule has 0 fully saturated rings. The maximum absolute atomic E-state index is 11.9. The lowest BCUT2D eigenvalue weighted by atomic mass is 10.2. The summed E-state index contributed by atoms with van der Waals surface area (Å²) in [5.41, 5.74) is 1.00. The largest absolute Gasteiger partial charge is 0.372 e. The molecular weight excluding hydrogens is 302 g/mol. The zero-order valence-corrected chi connectivity index (χ0v) is 13.3.